The quantitative estimate of drug-likeness (QED) is 0.532. The van der Waals surface area contributed by atoms with Gasteiger partial charge in [-0.1, -0.05) is 65.9 Å². The molecule has 136 valence electrons. The average molecular weight is 376 g/mol. The van der Waals surface area contributed by atoms with Gasteiger partial charge in [0.1, 0.15) is 5.01 Å². The maximum atomic E-state index is 12.2. The lowest BCUT2D eigenvalue weighted by Crippen LogP contribution is -2.22. The van der Waals surface area contributed by atoms with Gasteiger partial charge < -0.3 is 0 Å². The van der Waals surface area contributed by atoms with Crippen molar-refractivity contribution >= 4 is 16.3 Å². The summed E-state index contributed by atoms with van der Waals surface area (Å²) in [5.74, 6) is 0. The second kappa shape index (κ2) is 7.42. The van der Waals surface area contributed by atoms with E-state index in [0.29, 0.717) is 11.5 Å². The Morgan fingerprint density at radius 2 is 1.78 bits per heavy atom. The topological polar surface area (TPSA) is 50.5 Å². The first-order valence-corrected chi connectivity index (χ1v) is 9.60. The van der Waals surface area contributed by atoms with Crippen molar-refractivity contribution in [3.8, 4) is 11.1 Å². The van der Waals surface area contributed by atoms with Crippen molar-refractivity contribution in [2.24, 2.45) is 0 Å². The minimum Gasteiger partial charge on any atom is -0.296 e. The molecule has 2 aromatic carbocycles. The van der Waals surface area contributed by atoms with Crippen LogP contribution in [0.1, 0.15) is 16.3 Å². The fourth-order valence-corrected chi connectivity index (χ4v) is 3.98. The van der Waals surface area contributed by atoms with Gasteiger partial charge in [-0.05, 0) is 30.7 Å². The van der Waals surface area contributed by atoms with Crippen molar-refractivity contribution in [2.75, 3.05) is 7.05 Å². The lowest BCUT2D eigenvalue weighted by atomic mass is 9.99. The third-order valence-electron chi connectivity index (χ3n) is 4.37. The summed E-state index contributed by atoms with van der Waals surface area (Å²) in [7, 11) is 2.04. The molecule has 0 saturated carbocycles. The molecule has 0 aliphatic rings. The average Bonchev–Trinajstić information content (AvgIpc) is 3.04. The Kier molecular flexibility index (Phi) is 4.83. The van der Waals surface area contributed by atoms with E-state index < -0.39 is 0 Å². The van der Waals surface area contributed by atoms with Crippen molar-refractivity contribution in [2.45, 2.75) is 20.0 Å². The van der Waals surface area contributed by atoms with Crippen LogP contribution in [0.5, 0.6) is 0 Å². The van der Waals surface area contributed by atoms with Gasteiger partial charge in [-0.15, -0.1) is 0 Å². The summed E-state index contributed by atoms with van der Waals surface area (Å²) < 4.78 is 1.37. The molecule has 0 amide bonds. The van der Waals surface area contributed by atoms with Gasteiger partial charge >= 0.3 is 0 Å². The number of aryl methyl sites for hydroxylation is 1. The molecule has 0 atom stereocenters. The van der Waals surface area contributed by atoms with Crippen molar-refractivity contribution in [3.63, 3.8) is 0 Å². The number of rotatable bonds is 5. The highest BCUT2D eigenvalue weighted by atomic mass is 32.1. The molecule has 0 spiro atoms. The molecule has 5 nitrogen and oxygen atoms in total. The second-order valence-corrected chi connectivity index (χ2v) is 7.76. The summed E-state index contributed by atoms with van der Waals surface area (Å²) in [5, 5.41) is 5.03. The third kappa shape index (κ3) is 3.82. The molecule has 0 unspecified atom stereocenters. The minimum absolute atomic E-state index is 0.127. The van der Waals surface area contributed by atoms with Crippen molar-refractivity contribution < 1.29 is 0 Å². The van der Waals surface area contributed by atoms with Gasteiger partial charge in [0, 0.05) is 19.2 Å². The van der Waals surface area contributed by atoms with Crippen LogP contribution in [-0.2, 0) is 13.1 Å². The predicted molar refractivity (Wildman–Crippen MR) is 109 cm³/mol. The Morgan fingerprint density at radius 3 is 2.59 bits per heavy atom. The summed E-state index contributed by atoms with van der Waals surface area (Å²) in [6.45, 7) is 3.25. The Bertz CT molecular complexity index is 1130. The van der Waals surface area contributed by atoms with E-state index in [2.05, 4.69) is 63.5 Å². The smallest absolute Gasteiger partial charge is 0.275 e. The number of nitrogens with zero attached hydrogens (tertiary/aromatic N) is 4. The highest BCUT2D eigenvalue weighted by Gasteiger charge is 2.11. The molecule has 0 fully saturated rings. The summed E-state index contributed by atoms with van der Waals surface area (Å²) in [5.41, 5.74) is 4.32. The standard InChI is InChI=1S/C21H20N4OS/c1-15-23-25-20(26)12-18(22-21(25)27-15)14-24(2)13-17-10-6-7-11-19(17)16-8-4-3-5-9-16/h3-12H,13-14H2,1-2H3. The molecule has 0 aliphatic heterocycles. The van der Waals surface area contributed by atoms with Gasteiger partial charge in [0.25, 0.3) is 5.56 Å². The molecule has 6 heteroatoms. The molecule has 2 aromatic heterocycles. The monoisotopic (exact) mass is 376 g/mol. The lowest BCUT2D eigenvalue weighted by molar-refractivity contribution is 0.315. The Morgan fingerprint density at radius 1 is 1.04 bits per heavy atom. The fourth-order valence-electron chi connectivity index (χ4n) is 3.21. The van der Waals surface area contributed by atoms with Crippen LogP contribution in [0, 0.1) is 6.92 Å². The number of hydrogen-bond donors (Lipinski definition) is 0. The van der Waals surface area contributed by atoms with Gasteiger partial charge in [-0.3, -0.25) is 9.69 Å². The van der Waals surface area contributed by atoms with E-state index in [9.17, 15) is 4.79 Å². The second-order valence-electron chi connectivity index (χ2n) is 6.60. The van der Waals surface area contributed by atoms with Gasteiger partial charge in [0.05, 0.1) is 5.69 Å². The van der Waals surface area contributed by atoms with Gasteiger partial charge in [0.15, 0.2) is 0 Å². The maximum Gasteiger partial charge on any atom is 0.275 e. The van der Waals surface area contributed by atoms with E-state index in [1.54, 1.807) is 6.07 Å². The number of benzene rings is 2. The van der Waals surface area contributed by atoms with E-state index in [1.807, 2.05) is 20.0 Å². The van der Waals surface area contributed by atoms with E-state index >= 15 is 0 Å². The summed E-state index contributed by atoms with van der Waals surface area (Å²) >= 11 is 1.43. The molecule has 0 bridgehead atoms. The van der Waals surface area contributed by atoms with Crippen LogP contribution in [0.15, 0.2) is 65.5 Å². The third-order valence-corrected chi connectivity index (χ3v) is 5.20. The van der Waals surface area contributed by atoms with Crippen molar-refractivity contribution in [1.82, 2.24) is 19.5 Å². The van der Waals surface area contributed by atoms with Gasteiger partial charge in [-0.2, -0.15) is 9.61 Å². The fraction of sp³-hybridized carbons (Fsp3) is 0.190. The van der Waals surface area contributed by atoms with Crippen LogP contribution < -0.4 is 5.56 Å². The Hall–Kier alpha value is -2.83. The van der Waals surface area contributed by atoms with Gasteiger partial charge in [0.2, 0.25) is 4.96 Å². The minimum atomic E-state index is -0.127. The summed E-state index contributed by atoms with van der Waals surface area (Å²) in [4.78, 5) is 19.7. The van der Waals surface area contributed by atoms with E-state index in [4.69, 9.17) is 0 Å². The number of hydrogen-bond acceptors (Lipinski definition) is 5. The Labute approximate surface area is 161 Å². The van der Waals surface area contributed by atoms with Gasteiger partial charge in [-0.25, -0.2) is 4.98 Å². The maximum absolute atomic E-state index is 12.2. The molecule has 27 heavy (non-hydrogen) atoms. The zero-order valence-electron chi connectivity index (χ0n) is 15.3. The highest BCUT2D eigenvalue weighted by Crippen LogP contribution is 2.24. The van der Waals surface area contributed by atoms with Crippen LogP contribution >= 0.6 is 11.3 Å². The molecule has 0 aliphatic carbocycles. The van der Waals surface area contributed by atoms with E-state index in [-0.39, 0.29) is 5.56 Å². The predicted octanol–water partition coefficient (Wildman–Crippen LogP) is 3.76. The molecule has 0 N–H and O–H groups in total. The van der Waals surface area contributed by atoms with Crippen LogP contribution in [0.4, 0.5) is 0 Å². The first-order chi connectivity index (χ1) is 13.1. The molecular weight excluding hydrogens is 356 g/mol. The molecule has 0 radical (unpaired) electrons. The molecule has 0 saturated heterocycles. The van der Waals surface area contributed by atoms with Crippen LogP contribution in [0.25, 0.3) is 16.1 Å². The number of fused-ring (bicyclic) bond motifs is 1. The zero-order chi connectivity index (χ0) is 18.8. The molecule has 4 aromatic rings. The number of aromatic nitrogens is 3. The zero-order valence-corrected chi connectivity index (χ0v) is 16.1. The van der Waals surface area contributed by atoms with Crippen LogP contribution in [0.2, 0.25) is 0 Å². The largest absolute Gasteiger partial charge is 0.296 e. The molecular formula is C21H20N4OS. The van der Waals surface area contributed by atoms with E-state index in [1.165, 1.54) is 32.5 Å². The normalized spacial score (nSPS) is 11.4. The van der Waals surface area contributed by atoms with Crippen LogP contribution in [0.3, 0.4) is 0 Å². The molecule has 4 rings (SSSR count). The highest BCUT2D eigenvalue weighted by molar-refractivity contribution is 7.16. The lowest BCUT2D eigenvalue weighted by Gasteiger charge is -2.18. The Balaban J connectivity index is 1.57. The van der Waals surface area contributed by atoms with Crippen molar-refractivity contribution in [3.05, 3.63) is 87.3 Å². The molecule has 2 heterocycles. The SMILES string of the molecule is Cc1nn2c(=O)cc(CN(C)Cc3ccccc3-c3ccccc3)nc2s1. The first kappa shape index (κ1) is 17.6. The van der Waals surface area contributed by atoms with Crippen molar-refractivity contribution in [1.29, 1.82) is 0 Å². The first-order valence-electron chi connectivity index (χ1n) is 8.78. The van der Waals surface area contributed by atoms with E-state index in [0.717, 1.165) is 17.2 Å². The van der Waals surface area contributed by atoms with Crippen LogP contribution in [-0.4, -0.2) is 26.5 Å². The summed E-state index contributed by atoms with van der Waals surface area (Å²) in [6.07, 6.45) is 0. The summed E-state index contributed by atoms with van der Waals surface area (Å²) in [6, 6.07) is 20.4.